The lowest BCUT2D eigenvalue weighted by atomic mass is 9.80. The molecule has 0 radical (unpaired) electrons. The second-order valence-corrected chi connectivity index (χ2v) is 6.44. The minimum Gasteiger partial charge on any atom is -0.404 e. The standard InChI is InChI=1S/C13H21O4P.C2H6/c1-6-13(4,5)11-8-9(2)7-10(3)12(11)17-18(14,15)16;1-2/h7-8H,6H2,1-5H3,(H2,14,15,16);1-2H3. The number of aryl methyl sites for hydroxylation is 2. The number of phosphoric ester groups is 1. The number of hydrogen-bond acceptors (Lipinski definition) is 2. The number of phosphoric acid groups is 1. The van der Waals surface area contributed by atoms with Crippen molar-refractivity contribution in [2.45, 2.75) is 60.3 Å². The van der Waals surface area contributed by atoms with Gasteiger partial charge in [0.15, 0.2) is 0 Å². The first kappa shape index (κ1) is 19.2. The molecule has 0 spiro atoms. The summed E-state index contributed by atoms with van der Waals surface area (Å²) in [6, 6.07) is 3.79. The smallest absolute Gasteiger partial charge is 0.404 e. The molecule has 116 valence electrons. The fraction of sp³-hybridized carbons (Fsp3) is 0.600. The first-order valence-corrected chi connectivity index (χ1v) is 8.46. The molecule has 0 amide bonds. The average molecular weight is 302 g/mol. The van der Waals surface area contributed by atoms with Crippen molar-refractivity contribution >= 4 is 7.82 Å². The van der Waals surface area contributed by atoms with Gasteiger partial charge in [-0.05, 0) is 31.2 Å². The Morgan fingerprint density at radius 2 is 1.70 bits per heavy atom. The molecule has 0 saturated heterocycles. The van der Waals surface area contributed by atoms with Crippen LogP contribution in [0.1, 0.15) is 57.7 Å². The summed E-state index contributed by atoms with van der Waals surface area (Å²) >= 11 is 0. The molecule has 2 N–H and O–H groups in total. The highest BCUT2D eigenvalue weighted by atomic mass is 31.2. The van der Waals surface area contributed by atoms with Gasteiger partial charge in [0.1, 0.15) is 5.75 Å². The van der Waals surface area contributed by atoms with E-state index in [-0.39, 0.29) is 5.41 Å². The van der Waals surface area contributed by atoms with Gasteiger partial charge in [-0.1, -0.05) is 52.3 Å². The van der Waals surface area contributed by atoms with E-state index in [0.717, 1.165) is 23.1 Å². The molecule has 4 nitrogen and oxygen atoms in total. The molecule has 1 rings (SSSR count). The van der Waals surface area contributed by atoms with Crippen molar-refractivity contribution in [1.29, 1.82) is 0 Å². The SMILES string of the molecule is CC.CCC(C)(C)c1cc(C)cc(C)c1OP(=O)(O)O. The van der Waals surface area contributed by atoms with Crippen molar-refractivity contribution in [1.82, 2.24) is 0 Å². The van der Waals surface area contributed by atoms with Crippen LogP contribution < -0.4 is 4.52 Å². The van der Waals surface area contributed by atoms with Gasteiger partial charge in [0.05, 0.1) is 0 Å². The van der Waals surface area contributed by atoms with Crippen molar-refractivity contribution < 1.29 is 18.9 Å². The molecule has 0 aromatic heterocycles. The monoisotopic (exact) mass is 302 g/mol. The van der Waals surface area contributed by atoms with E-state index in [1.165, 1.54) is 0 Å². The summed E-state index contributed by atoms with van der Waals surface area (Å²) in [6.07, 6.45) is 0.855. The van der Waals surface area contributed by atoms with Crippen molar-refractivity contribution in [3.63, 3.8) is 0 Å². The van der Waals surface area contributed by atoms with Crippen molar-refractivity contribution in [2.75, 3.05) is 0 Å². The average Bonchev–Trinajstić information content (AvgIpc) is 2.33. The van der Waals surface area contributed by atoms with Gasteiger partial charge in [0.2, 0.25) is 0 Å². The highest BCUT2D eigenvalue weighted by Crippen LogP contribution is 2.45. The largest absolute Gasteiger partial charge is 0.524 e. The molecular formula is C15H27O4P. The van der Waals surface area contributed by atoms with Crippen LogP contribution in [0.3, 0.4) is 0 Å². The third-order valence-corrected chi connectivity index (χ3v) is 3.66. The lowest BCUT2D eigenvalue weighted by Crippen LogP contribution is -2.17. The summed E-state index contributed by atoms with van der Waals surface area (Å²) in [7, 11) is -4.54. The summed E-state index contributed by atoms with van der Waals surface area (Å²) in [6.45, 7) is 13.9. The van der Waals surface area contributed by atoms with E-state index in [2.05, 4.69) is 0 Å². The second kappa shape index (κ2) is 7.26. The van der Waals surface area contributed by atoms with E-state index < -0.39 is 7.82 Å². The van der Waals surface area contributed by atoms with Crippen LogP contribution >= 0.6 is 7.82 Å². The minimum absolute atomic E-state index is 0.193. The van der Waals surface area contributed by atoms with E-state index in [1.807, 2.05) is 53.7 Å². The molecule has 0 atom stereocenters. The summed E-state index contributed by atoms with van der Waals surface area (Å²) in [5.74, 6) is 0.306. The Morgan fingerprint density at radius 3 is 2.10 bits per heavy atom. The predicted molar refractivity (Wildman–Crippen MR) is 83.3 cm³/mol. The van der Waals surface area contributed by atoms with Crippen LogP contribution in [0.4, 0.5) is 0 Å². The maximum atomic E-state index is 11.1. The Hall–Kier alpha value is -0.830. The molecule has 0 fully saturated rings. The van der Waals surface area contributed by atoms with Gasteiger partial charge in [-0.2, -0.15) is 0 Å². The van der Waals surface area contributed by atoms with Gasteiger partial charge >= 0.3 is 7.82 Å². The zero-order valence-electron chi connectivity index (χ0n) is 13.5. The van der Waals surface area contributed by atoms with Crippen LogP contribution in [0.2, 0.25) is 0 Å². The molecule has 20 heavy (non-hydrogen) atoms. The van der Waals surface area contributed by atoms with E-state index in [9.17, 15) is 4.57 Å². The summed E-state index contributed by atoms with van der Waals surface area (Å²) in [5.41, 5.74) is 2.45. The third kappa shape index (κ3) is 5.28. The van der Waals surface area contributed by atoms with Crippen LogP contribution in [0.15, 0.2) is 12.1 Å². The van der Waals surface area contributed by atoms with Gasteiger partial charge in [-0.15, -0.1) is 0 Å². The maximum Gasteiger partial charge on any atom is 0.524 e. The molecule has 0 saturated carbocycles. The fourth-order valence-corrected chi connectivity index (χ4v) is 2.37. The molecule has 0 bridgehead atoms. The quantitative estimate of drug-likeness (QED) is 0.804. The van der Waals surface area contributed by atoms with E-state index in [0.29, 0.717) is 5.75 Å². The first-order valence-electron chi connectivity index (χ1n) is 6.93. The first-order chi connectivity index (χ1) is 9.07. The molecule has 5 heteroatoms. The Balaban J connectivity index is 0.00000172. The molecule has 0 aliphatic heterocycles. The van der Waals surface area contributed by atoms with Crippen molar-refractivity contribution in [3.05, 3.63) is 28.8 Å². The molecule has 1 aromatic rings. The maximum absolute atomic E-state index is 11.1. The third-order valence-electron chi connectivity index (χ3n) is 3.24. The summed E-state index contributed by atoms with van der Waals surface area (Å²) in [5, 5.41) is 0. The number of rotatable bonds is 4. The topological polar surface area (TPSA) is 66.8 Å². The van der Waals surface area contributed by atoms with Crippen LogP contribution in [-0.2, 0) is 9.98 Å². The van der Waals surface area contributed by atoms with E-state index in [4.69, 9.17) is 14.3 Å². The predicted octanol–water partition coefficient (Wildman–Crippen LogP) is 4.49. The fourth-order valence-electron chi connectivity index (χ4n) is 1.89. The van der Waals surface area contributed by atoms with Crippen LogP contribution in [0.5, 0.6) is 5.75 Å². The van der Waals surface area contributed by atoms with Gasteiger partial charge in [-0.25, -0.2) is 4.57 Å². The van der Waals surface area contributed by atoms with Crippen LogP contribution in [-0.4, -0.2) is 9.79 Å². The molecular weight excluding hydrogens is 275 g/mol. The number of hydrogen-bond donors (Lipinski definition) is 2. The second-order valence-electron chi connectivity index (χ2n) is 5.28. The van der Waals surface area contributed by atoms with Gasteiger partial charge in [0, 0.05) is 5.56 Å². The van der Waals surface area contributed by atoms with Gasteiger partial charge < -0.3 is 4.52 Å². The molecule has 1 aromatic carbocycles. The Bertz CT molecular complexity index is 489. The zero-order valence-corrected chi connectivity index (χ0v) is 14.4. The molecule has 0 heterocycles. The van der Waals surface area contributed by atoms with Crippen molar-refractivity contribution in [3.8, 4) is 5.75 Å². The Morgan fingerprint density at radius 1 is 1.20 bits per heavy atom. The highest BCUT2D eigenvalue weighted by Gasteiger charge is 2.28. The number of benzene rings is 1. The lowest BCUT2D eigenvalue weighted by molar-refractivity contribution is 0.279. The zero-order chi connectivity index (χ0) is 16.1. The highest BCUT2D eigenvalue weighted by molar-refractivity contribution is 7.46. The lowest BCUT2D eigenvalue weighted by Gasteiger charge is -2.27. The van der Waals surface area contributed by atoms with Gasteiger partial charge in [-0.3, -0.25) is 9.79 Å². The molecule has 0 aliphatic carbocycles. The normalized spacial score (nSPS) is 11.7. The molecule has 0 unspecified atom stereocenters. The molecule has 0 aliphatic rings. The van der Waals surface area contributed by atoms with E-state index >= 15 is 0 Å². The summed E-state index contributed by atoms with van der Waals surface area (Å²) in [4.78, 5) is 18.0. The Kier molecular flexibility index (Phi) is 6.96. The van der Waals surface area contributed by atoms with E-state index in [1.54, 1.807) is 6.92 Å². The summed E-state index contributed by atoms with van der Waals surface area (Å²) < 4.78 is 16.0. The van der Waals surface area contributed by atoms with Gasteiger partial charge in [0.25, 0.3) is 0 Å². The van der Waals surface area contributed by atoms with Crippen LogP contribution in [0, 0.1) is 13.8 Å². The van der Waals surface area contributed by atoms with Crippen molar-refractivity contribution in [2.24, 2.45) is 0 Å². The van der Waals surface area contributed by atoms with Crippen LogP contribution in [0.25, 0.3) is 0 Å². The minimum atomic E-state index is -4.54. The Labute approximate surface area is 122 Å².